The molecule has 1 saturated carbocycles. The molecule has 0 aliphatic heterocycles. The van der Waals surface area contributed by atoms with Crippen molar-refractivity contribution in [1.29, 1.82) is 5.26 Å². The normalized spacial score (nSPS) is 14.6. The second-order valence-corrected chi connectivity index (χ2v) is 7.55. The first-order valence-corrected chi connectivity index (χ1v) is 10.1. The molecule has 1 aliphatic rings. The number of carbonyl (C=O) groups is 1. The summed E-state index contributed by atoms with van der Waals surface area (Å²) in [6.07, 6.45) is 9.12. The minimum Gasteiger partial charge on any atom is -0.365 e. The van der Waals surface area contributed by atoms with Crippen molar-refractivity contribution >= 4 is 17.4 Å². The fourth-order valence-electron chi connectivity index (χ4n) is 3.93. The average Bonchev–Trinajstić information content (AvgIpc) is 3.29. The van der Waals surface area contributed by atoms with Gasteiger partial charge < -0.3 is 10.6 Å². The first-order chi connectivity index (χ1) is 14.7. The third-order valence-electron chi connectivity index (χ3n) is 5.60. The van der Waals surface area contributed by atoms with Crippen LogP contribution in [0.1, 0.15) is 47.2 Å². The summed E-state index contributed by atoms with van der Waals surface area (Å²) >= 11 is 0. The van der Waals surface area contributed by atoms with E-state index in [9.17, 15) is 10.1 Å². The molecule has 0 unspecified atom stereocenters. The monoisotopic (exact) mass is 397 g/mol. The van der Waals surface area contributed by atoms with E-state index in [-0.39, 0.29) is 11.3 Å². The molecule has 1 aliphatic carbocycles. The van der Waals surface area contributed by atoms with Crippen molar-refractivity contribution in [3.05, 3.63) is 83.8 Å². The molecular formula is C24H23N5O. The number of hydrogen-bond donors (Lipinski definition) is 2. The number of aromatic nitrogens is 2. The van der Waals surface area contributed by atoms with Gasteiger partial charge in [-0.15, -0.1) is 0 Å². The maximum Gasteiger partial charge on any atom is 0.259 e. The van der Waals surface area contributed by atoms with Crippen LogP contribution in [0, 0.1) is 11.3 Å². The Morgan fingerprint density at radius 2 is 1.83 bits per heavy atom. The van der Waals surface area contributed by atoms with E-state index < -0.39 is 0 Å². The zero-order chi connectivity index (χ0) is 20.8. The maximum absolute atomic E-state index is 12.9. The van der Waals surface area contributed by atoms with Gasteiger partial charge in [-0.25, -0.2) is 4.98 Å². The van der Waals surface area contributed by atoms with Crippen LogP contribution >= 0.6 is 0 Å². The Hall–Kier alpha value is -3.72. The number of anilines is 2. The van der Waals surface area contributed by atoms with E-state index in [1.807, 2.05) is 36.4 Å². The minimum atomic E-state index is -0.380. The Bertz CT molecular complexity index is 1050. The molecule has 0 saturated heterocycles. The van der Waals surface area contributed by atoms with Crippen molar-refractivity contribution in [2.24, 2.45) is 0 Å². The number of pyridine rings is 2. The fraction of sp³-hybridized carbons (Fsp3) is 0.250. The Balaban J connectivity index is 1.46. The van der Waals surface area contributed by atoms with Gasteiger partial charge in [0.2, 0.25) is 0 Å². The Kier molecular flexibility index (Phi) is 5.71. The van der Waals surface area contributed by atoms with Crippen LogP contribution in [-0.4, -0.2) is 15.9 Å². The maximum atomic E-state index is 12.9. The van der Waals surface area contributed by atoms with Crippen LogP contribution in [0.5, 0.6) is 0 Å². The highest BCUT2D eigenvalue weighted by Gasteiger charge is 2.35. The molecule has 2 aromatic heterocycles. The summed E-state index contributed by atoms with van der Waals surface area (Å²) in [7, 11) is 0. The van der Waals surface area contributed by atoms with Crippen LogP contribution in [0.4, 0.5) is 11.5 Å². The molecule has 2 heterocycles. The lowest BCUT2D eigenvalue weighted by Gasteiger charge is -2.21. The van der Waals surface area contributed by atoms with Gasteiger partial charge in [-0.3, -0.25) is 9.78 Å². The molecule has 0 bridgehead atoms. The molecule has 1 aromatic carbocycles. The third kappa shape index (κ3) is 4.15. The van der Waals surface area contributed by atoms with Gasteiger partial charge in [0.1, 0.15) is 5.82 Å². The van der Waals surface area contributed by atoms with Gasteiger partial charge in [-0.1, -0.05) is 31.0 Å². The van der Waals surface area contributed by atoms with Crippen LogP contribution < -0.4 is 10.6 Å². The molecule has 0 spiro atoms. The van der Waals surface area contributed by atoms with Gasteiger partial charge in [0.05, 0.1) is 17.0 Å². The van der Waals surface area contributed by atoms with Crippen molar-refractivity contribution in [2.75, 3.05) is 10.6 Å². The summed E-state index contributed by atoms with van der Waals surface area (Å²) in [4.78, 5) is 21.3. The molecule has 3 aromatic rings. The lowest BCUT2D eigenvalue weighted by Crippen LogP contribution is -2.19. The molecular weight excluding hydrogens is 374 g/mol. The molecule has 150 valence electrons. The largest absolute Gasteiger partial charge is 0.365 e. The average molecular weight is 397 g/mol. The molecule has 1 amide bonds. The molecule has 6 nitrogen and oxygen atoms in total. The molecule has 6 heteroatoms. The third-order valence-corrected chi connectivity index (χ3v) is 5.60. The highest BCUT2D eigenvalue weighted by atomic mass is 16.1. The number of hydrogen-bond acceptors (Lipinski definition) is 5. The Labute approximate surface area is 176 Å². The lowest BCUT2D eigenvalue weighted by molar-refractivity contribution is 0.102. The number of nitrogens with one attached hydrogen (secondary N) is 2. The number of nitriles is 1. The van der Waals surface area contributed by atoms with E-state index in [2.05, 4.69) is 26.7 Å². The molecule has 30 heavy (non-hydrogen) atoms. The zero-order valence-corrected chi connectivity index (χ0v) is 16.6. The van der Waals surface area contributed by atoms with Crippen molar-refractivity contribution in [1.82, 2.24) is 9.97 Å². The topological polar surface area (TPSA) is 90.7 Å². The van der Waals surface area contributed by atoms with Gasteiger partial charge in [-0.05, 0) is 54.3 Å². The number of nitrogens with zero attached hydrogens (tertiary/aromatic N) is 3. The Morgan fingerprint density at radius 3 is 2.53 bits per heavy atom. The predicted molar refractivity (Wildman–Crippen MR) is 116 cm³/mol. The van der Waals surface area contributed by atoms with Crippen molar-refractivity contribution in [2.45, 2.75) is 37.6 Å². The van der Waals surface area contributed by atoms with Crippen LogP contribution in [0.15, 0.2) is 67.1 Å². The second-order valence-electron chi connectivity index (χ2n) is 7.55. The summed E-state index contributed by atoms with van der Waals surface area (Å²) in [5.74, 6) is 0.283. The van der Waals surface area contributed by atoms with E-state index in [4.69, 9.17) is 0 Å². The number of rotatable bonds is 6. The van der Waals surface area contributed by atoms with Crippen LogP contribution in [0.25, 0.3) is 0 Å². The minimum absolute atomic E-state index is 0.236. The lowest BCUT2D eigenvalue weighted by atomic mass is 9.80. The first-order valence-electron chi connectivity index (χ1n) is 10.1. The van der Waals surface area contributed by atoms with Gasteiger partial charge in [-0.2, -0.15) is 5.26 Å². The second kappa shape index (κ2) is 8.75. The van der Waals surface area contributed by atoms with E-state index in [1.54, 1.807) is 30.7 Å². The van der Waals surface area contributed by atoms with Crippen molar-refractivity contribution < 1.29 is 4.79 Å². The summed E-state index contributed by atoms with van der Waals surface area (Å²) in [6.45, 7) is 0.524. The molecule has 4 rings (SSSR count). The first kappa shape index (κ1) is 19.6. The van der Waals surface area contributed by atoms with E-state index in [0.29, 0.717) is 23.6 Å². The SMILES string of the molecule is N#CC1(c2ccc(NC(=O)c3cccnc3NCc3cccnc3)cc2)CCCC1. The molecule has 0 atom stereocenters. The quantitative estimate of drug-likeness (QED) is 0.630. The van der Waals surface area contributed by atoms with E-state index >= 15 is 0 Å². The van der Waals surface area contributed by atoms with Gasteiger partial charge in [0.25, 0.3) is 5.91 Å². The summed E-state index contributed by atoms with van der Waals surface area (Å²) in [5.41, 5.74) is 2.81. The van der Waals surface area contributed by atoms with Crippen LogP contribution in [0.2, 0.25) is 0 Å². The van der Waals surface area contributed by atoms with Crippen LogP contribution in [0.3, 0.4) is 0 Å². The summed E-state index contributed by atoms with van der Waals surface area (Å²) in [5, 5.41) is 15.8. The smallest absolute Gasteiger partial charge is 0.259 e. The highest BCUT2D eigenvalue weighted by molar-refractivity contribution is 6.07. The predicted octanol–water partition coefficient (Wildman–Crippen LogP) is 4.68. The Morgan fingerprint density at radius 1 is 1.07 bits per heavy atom. The summed E-state index contributed by atoms with van der Waals surface area (Å²) < 4.78 is 0. The standard InChI is InChI=1S/C24H23N5O/c25-17-24(11-1-2-12-24)19-7-9-20(10-8-19)29-23(30)21-6-4-14-27-22(21)28-16-18-5-3-13-26-15-18/h3-10,13-15H,1-2,11-12,16H2,(H,27,28)(H,29,30). The van der Waals surface area contributed by atoms with Gasteiger partial charge >= 0.3 is 0 Å². The van der Waals surface area contributed by atoms with E-state index in [1.165, 1.54) is 0 Å². The van der Waals surface area contributed by atoms with E-state index in [0.717, 1.165) is 36.8 Å². The zero-order valence-electron chi connectivity index (χ0n) is 16.6. The number of amides is 1. The van der Waals surface area contributed by atoms with Crippen LogP contribution in [-0.2, 0) is 12.0 Å². The van der Waals surface area contributed by atoms with Gasteiger partial charge in [0, 0.05) is 30.8 Å². The molecule has 1 fully saturated rings. The number of carbonyl (C=O) groups excluding carboxylic acids is 1. The van der Waals surface area contributed by atoms with Gasteiger partial charge in [0.15, 0.2) is 0 Å². The highest BCUT2D eigenvalue weighted by Crippen LogP contribution is 2.40. The summed E-state index contributed by atoms with van der Waals surface area (Å²) in [6, 6.07) is 17.5. The molecule has 2 N–H and O–H groups in total. The number of benzene rings is 1. The van der Waals surface area contributed by atoms with Crippen molar-refractivity contribution in [3.8, 4) is 6.07 Å². The van der Waals surface area contributed by atoms with Crippen molar-refractivity contribution in [3.63, 3.8) is 0 Å². The fourth-order valence-corrected chi connectivity index (χ4v) is 3.93. The molecule has 0 radical (unpaired) electrons.